The molecule has 3 aliphatic heterocycles. The molecular formula is C31H38N8O2. The van der Waals surface area contributed by atoms with Gasteiger partial charge in [0.25, 0.3) is 0 Å². The number of likely N-dealkylation sites (N-methyl/N-ethyl adjacent to an activating group) is 1. The maximum atomic E-state index is 12.6. The summed E-state index contributed by atoms with van der Waals surface area (Å²) in [5, 5.41) is 9.52. The Bertz CT molecular complexity index is 1390. The highest BCUT2D eigenvalue weighted by Gasteiger charge is 2.36. The normalized spacial score (nSPS) is 22.6. The maximum absolute atomic E-state index is 12.6. The van der Waals surface area contributed by atoms with Gasteiger partial charge in [-0.05, 0) is 43.4 Å². The van der Waals surface area contributed by atoms with Crippen molar-refractivity contribution in [3.05, 3.63) is 53.7 Å². The van der Waals surface area contributed by atoms with Crippen molar-refractivity contribution in [1.82, 2.24) is 19.8 Å². The Balaban J connectivity index is 1.34. The van der Waals surface area contributed by atoms with E-state index in [1.165, 1.54) is 17.3 Å². The molecule has 2 amide bonds. The molecule has 1 aromatic heterocycles. The molecule has 4 heterocycles. The number of carbonyl (C=O) groups excluding carboxylic acids is 2. The molecule has 214 valence electrons. The summed E-state index contributed by atoms with van der Waals surface area (Å²) in [5.74, 6) is 1.41. The third-order valence-corrected chi connectivity index (χ3v) is 9.11. The number of anilines is 3. The van der Waals surface area contributed by atoms with E-state index in [-0.39, 0.29) is 30.8 Å². The third-order valence-electron chi connectivity index (χ3n) is 9.11. The van der Waals surface area contributed by atoms with Gasteiger partial charge >= 0.3 is 0 Å². The average molecular weight is 555 g/mol. The number of amides is 2. The van der Waals surface area contributed by atoms with Crippen molar-refractivity contribution in [3.63, 3.8) is 0 Å². The van der Waals surface area contributed by atoms with E-state index in [0.29, 0.717) is 44.7 Å². The summed E-state index contributed by atoms with van der Waals surface area (Å²) >= 11 is 0. The summed E-state index contributed by atoms with van der Waals surface area (Å²) in [7, 11) is 1.83. The third kappa shape index (κ3) is 5.21. The van der Waals surface area contributed by atoms with E-state index >= 15 is 0 Å². The number of hydrogen-bond donors (Lipinski definition) is 0. The molecule has 0 saturated carbocycles. The Morgan fingerprint density at radius 1 is 1.12 bits per heavy atom. The van der Waals surface area contributed by atoms with Crippen LogP contribution in [0.5, 0.6) is 0 Å². The number of aryl methyl sites for hydroxylation is 1. The fourth-order valence-electron chi connectivity index (χ4n) is 6.84. The monoisotopic (exact) mass is 554 g/mol. The molecule has 0 bridgehead atoms. The van der Waals surface area contributed by atoms with Crippen molar-refractivity contribution in [2.24, 2.45) is 0 Å². The fraction of sp³-hybridized carbons (Fsp3) is 0.516. The second-order valence-corrected chi connectivity index (χ2v) is 11.5. The van der Waals surface area contributed by atoms with Gasteiger partial charge in [0.15, 0.2) is 0 Å². The topological polar surface area (TPSA) is 99.9 Å². The van der Waals surface area contributed by atoms with Gasteiger partial charge in [0.2, 0.25) is 17.8 Å². The van der Waals surface area contributed by atoms with E-state index < -0.39 is 0 Å². The van der Waals surface area contributed by atoms with Crippen LogP contribution in [0.2, 0.25) is 0 Å². The second kappa shape index (κ2) is 11.4. The fourth-order valence-corrected chi connectivity index (χ4v) is 6.84. The first-order valence-corrected chi connectivity index (χ1v) is 14.7. The van der Waals surface area contributed by atoms with Crippen LogP contribution >= 0.6 is 0 Å². The summed E-state index contributed by atoms with van der Waals surface area (Å²) in [5.41, 5.74) is 4.97. The van der Waals surface area contributed by atoms with Gasteiger partial charge in [0.05, 0.1) is 30.8 Å². The molecule has 4 aliphatic rings. The van der Waals surface area contributed by atoms with Crippen molar-refractivity contribution in [2.45, 2.75) is 50.6 Å². The van der Waals surface area contributed by atoms with E-state index in [1.54, 1.807) is 9.80 Å². The summed E-state index contributed by atoms with van der Waals surface area (Å²) in [6.45, 7) is 7.93. The van der Waals surface area contributed by atoms with Gasteiger partial charge in [-0.3, -0.25) is 9.59 Å². The summed E-state index contributed by atoms with van der Waals surface area (Å²) in [6, 6.07) is 11.1. The number of nitrogens with zero attached hydrogens (tertiary/aromatic N) is 8. The van der Waals surface area contributed by atoms with Crippen molar-refractivity contribution in [1.29, 1.82) is 5.26 Å². The van der Waals surface area contributed by atoms with Gasteiger partial charge in [-0.2, -0.15) is 10.2 Å². The van der Waals surface area contributed by atoms with Crippen LogP contribution in [0, 0.1) is 11.3 Å². The van der Waals surface area contributed by atoms with Crippen LogP contribution in [-0.4, -0.2) is 96.5 Å². The highest BCUT2D eigenvalue weighted by Crippen LogP contribution is 2.37. The predicted octanol–water partition coefficient (Wildman–Crippen LogP) is 2.18. The first-order valence-electron chi connectivity index (χ1n) is 14.7. The predicted molar refractivity (Wildman–Crippen MR) is 158 cm³/mol. The SMILES string of the molecule is C=CC(=O)N1CCN(c2nc(N3CCN(C)C(=O)C3)nc3c2CCC(N2CCCc4ccccc42)C3)CC1CC#N. The average Bonchev–Trinajstić information content (AvgIpc) is 3.01. The van der Waals surface area contributed by atoms with Crippen LogP contribution < -0.4 is 14.7 Å². The Hall–Kier alpha value is -4.13. The van der Waals surface area contributed by atoms with Crippen LogP contribution in [0.3, 0.4) is 0 Å². The number of nitriles is 1. The van der Waals surface area contributed by atoms with Gasteiger partial charge in [-0.1, -0.05) is 24.8 Å². The first-order chi connectivity index (χ1) is 20.0. The molecule has 10 nitrogen and oxygen atoms in total. The minimum Gasteiger partial charge on any atom is -0.368 e. The van der Waals surface area contributed by atoms with Crippen LogP contribution in [-0.2, 0) is 28.9 Å². The lowest BCUT2D eigenvalue weighted by molar-refractivity contribution is -0.130. The molecule has 1 aromatic carbocycles. The van der Waals surface area contributed by atoms with Crippen molar-refractivity contribution in [2.75, 3.05) is 67.6 Å². The quantitative estimate of drug-likeness (QED) is 0.519. The van der Waals surface area contributed by atoms with Crippen molar-refractivity contribution < 1.29 is 9.59 Å². The second-order valence-electron chi connectivity index (χ2n) is 11.5. The molecule has 10 heteroatoms. The van der Waals surface area contributed by atoms with Crippen LogP contribution in [0.25, 0.3) is 0 Å². The van der Waals surface area contributed by atoms with Crippen LogP contribution in [0.4, 0.5) is 17.5 Å². The molecular weight excluding hydrogens is 516 g/mol. The zero-order valence-electron chi connectivity index (χ0n) is 23.8. The molecule has 2 unspecified atom stereocenters. The first kappa shape index (κ1) is 27.1. The Kier molecular flexibility index (Phi) is 7.52. The highest BCUT2D eigenvalue weighted by molar-refractivity contribution is 5.87. The number of hydrogen-bond acceptors (Lipinski definition) is 8. The lowest BCUT2D eigenvalue weighted by Gasteiger charge is -2.43. The molecule has 2 aromatic rings. The van der Waals surface area contributed by atoms with E-state index in [1.807, 2.05) is 11.9 Å². The largest absolute Gasteiger partial charge is 0.368 e. The van der Waals surface area contributed by atoms with Crippen molar-refractivity contribution in [3.8, 4) is 6.07 Å². The standard InChI is InChI=1S/C31H38N8O2/c1-3-28(40)39-18-17-36(20-24(39)12-13-32)30-25-11-10-23(38-14-6-8-22-7-4-5-9-27(22)38)19-26(25)33-31(34-30)37-16-15-35(2)29(41)21-37/h3-5,7,9,23-24H,1,6,8,10-12,14-21H2,2H3. The van der Waals surface area contributed by atoms with E-state index in [9.17, 15) is 14.9 Å². The van der Waals surface area contributed by atoms with Gasteiger partial charge in [-0.15, -0.1) is 0 Å². The molecule has 0 spiro atoms. The maximum Gasteiger partial charge on any atom is 0.246 e. The Morgan fingerprint density at radius 2 is 1.95 bits per heavy atom. The summed E-state index contributed by atoms with van der Waals surface area (Å²) in [6.07, 6.45) is 6.55. The van der Waals surface area contributed by atoms with E-state index in [0.717, 1.165) is 55.7 Å². The Labute approximate surface area is 241 Å². The number of fused-ring (bicyclic) bond motifs is 2. The number of rotatable bonds is 5. The lowest BCUT2D eigenvalue weighted by atomic mass is 9.88. The highest BCUT2D eigenvalue weighted by atomic mass is 16.2. The van der Waals surface area contributed by atoms with Crippen LogP contribution in [0.1, 0.15) is 36.1 Å². The molecule has 6 rings (SSSR count). The molecule has 2 saturated heterocycles. The summed E-state index contributed by atoms with van der Waals surface area (Å²) < 4.78 is 0. The smallest absolute Gasteiger partial charge is 0.246 e. The molecule has 0 N–H and O–H groups in total. The number of para-hydroxylation sites is 1. The number of carbonyl (C=O) groups is 2. The van der Waals surface area contributed by atoms with E-state index in [4.69, 9.17) is 9.97 Å². The van der Waals surface area contributed by atoms with Crippen molar-refractivity contribution >= 4 is 29.3 Å². The minimum absolute atomic E-state index is 0.0626. The number of aromatic nitrogens is 2. The zero-order chi connectivity index (χ0) is 28.5. The number of benzene rings is 1. The molecule has 41 heavy (non-hydrogen) atoms. The van der Waals surface area contributed by atoms with Gasteiger partial charge in [0, 0.05) is 70.0 Å². The number of piperazine rings is 2. The minimum atomic E-state index is -0.236. The van der Waals surface area contributed by atoms with E-state index in [2.05, 4.69) is 46.7 Å². The zero-order valence-corrected chi connectivity index (χ0v) is 23.8. The summed E-state index contributed by atoms with van der Waals surface area (Å²) in [4.78, 5) is 45.7. The van der Waals surface area contributed by atoms with Crippen LogP contribution in [0.15, 0.2) is 36.9 Å². The molecule has 0 radical (unpaired) electrons. The van der Waals surface area contributed by atoms with Gasteiger partial charge in [-0.25, -0.2) is 4.98 Å². The Morgan fingerprint density at radius 3 is 2.76 bits per heavy atom. The molecule has 2 atom stereocenters. The lowest BCUT2D eigenvalue weighted by Crippen LogP contribution is -2.55. The molecule has 1 aliphatic carbocycles. The molecule has 2 fully saturated rings. The van der Waals surface area contributed by atoms with Gasteiger partial charge in [0.1, 0.15) is 5.82 Å². The van der Waals surface area contributed by atoms with Gasteiger partial charge < -0.3 is 24.5 Å².